The topological polar surface area (TPSA) is 42.3 Å². The zero-order chi connectivity index (χ0) is 41.9. The molecule has 0 unspecified atom stereocenters. The van der Waals surface area contributed by atoms with Crippen LogP contribution in [0.1, 0.15) is 31.8 Å². The first kappa shape index (κ1) is 37.0. The fraction of sp³-hybridized carbons (Fsp3) is 0.0345. The molecule has 0 bridgehead atoms. The van der Waals surface area contributed by atoms with Crippen LogP contribution in [0.15, 0.2) is 206 Å². The summed E-state index contributed by atoms with van der Waals surface area (Å²) in [7, 11) is 0. The molecule has 2 amide bonds. The van der Waals surface area contributed by atoms with Gasteiger partial charge in [0.05, 0.1) is 33.5 Å². The minimum absolute atomic E-state index is 0.351. The van der Waals surface area contributed by atoms with Crippen molar-refractivity contribution in [2.24, 2.45) is 0 Å². The molecular formula is C58H40N2O2. The van der Waals surface area contributed by atoms with E-state index in [2.05, 4.69) is 128 Å². The zero-order valence-electron chi connectivity index (χ0n) is 34.3. The Morgan fingerprint density at radius 3 is 1.29 bits per heavy atom. The Labute approximate surface area is 360 Å². The number of aryl methyl sites for hydroxylation is 2. The summed E-state index contributed by atoms with van der Waals surface area (Å²) in [5.74, 6) is -0.710. The van der Waals surface area contributed by atoms with Gasteiger partial charge in [-0.1, -0.05) is 170 Å². The maximum Gasteiger partial charge on any atom is 0.268 e. The largest absolute Gasteiger partial charge is 0.308 e. The molecule has 0 fully saturated rings. The summed E-state index contributed by atoms with van der Waals surface area (Å²) in [5.41, 5.74) is 16.1. The van der Waals surface area contributed by atoms with E-state index in [-0.39, 0.29) is 11.8 Å². The van der Waals surface area contributed by atoms with E-state index >= 15 is 9.59 Å². The Balaban J connectivity index is 1.18. The van der Waals surface area contributed by atoms with Gasteiger partial charge in [-0.25, -0.2) is 4.90 Å². The molecule has 10 aromatic rings. The van der Waals surface area contributed by atoms with E-state index in [9.17, 15) is 0 Å². The molecule has 9 aromatic carbocycles. The highest BCUT2D eigenvalue weighted by molar-refractivity contribution is 6.37. The summed E-state index contributed by atoms with van der Waals surface area (Å²) in [6.45, 7) is 4.26. The summed E-state index contributed by atoms with van der Waals surface area (Å²) in [4.78, 5) is 32.3. The lowest BCUT2D eigenvalue weighted by Crippen LogP contribution is -2.30. The number of hydrogen-bond acceptors (Lipinski definition) is 2. The van der Waals surface area contributed by atoms with Crippen molar-refractivity contribution in [1.29, 1.82) is 0 Å². The van der Waals surface area contributed by atoms with Crippen molar-refractivity contribution in [3.63, 3.8) is 0 Å². The number of anilines is 1. The number of rotatable bonds is 7. The third kappa shape index (κ3) is 5.99. The number of carbonyl (C=O) groups is 2. The Bertz CT molecular complexity index is 3240. The van der Waals surface area contributed by atoms with E-state index in [0.29, 0.717) is 22.5 Å². The molecule has 4 nitrogen and oxygen atoms in total. The monoisotopic (exact) mass is 796 g/mol. The summed E-state index contributed by atoms with van der Waals surface area (Å²) >= 11 is 0. The van der Waals surface area contributed by atoms with Crippen molar-refractivity contribution in [1.82, 2.24) is 4.57 Å². The van der Waals surface area contributed by atoms with Crippen molar-refractivity contribution < 1.29 is 9.59 Å². The fourth-order valence-electron chi connectivity index (χ4n) is 9.41. The molecule has 1 aliphatic rings. The smallest absolute Gasteiger partial charge is 0.268 e. The number of fused-ring (bicyclic) bond motifs is 4. The number of imide groups is 1. The van der Waals surface area contributed by atoms with Crippen molar-refractivity contribution in [3.05, 3.63) is 229 Å². The van der Waals surface area contributed by atoms with Crippen LogP contribution in [0.5, 0.6) is 0 Å². The van der Waals surface area contributed by atoms with Crippen molar-refractivity contribution in [2.75, 3.05) is 4.90 Å². The average molecular weight is 797 g/mol. The van der Waals surface area contributed by atoms with Crippen LogP contribution in [0.2, 0.25) is 0 Å². The Morgan fingerprint density at radius 1 is 0.339 bits per heavy atom. The van der Waals surface area contributed by atoms with E-state index in [4.69, 9.17) is 0 Å². The molecule has 11 rings (SSSR count). The third-order valence-corrected chi connectivity index (χ3v) is 12.4. The van der Waals surface area contributed by atoms with Crippen LogP contribution < -0.4 is 4.90 Å². The number of nitrogens with zero attached hydrogens (tertiary/aromatic N) is 2. The van der Waals surface area contributed by atoms with Gasteiger partial charge in [0.2, 0.25) is 0 Å². The summed E-state index contributed by atoms with van der Waals surface area (Å²) in [6, 6.07) is 70.3. The average Bonchev–Trinajstić information content (AvgIpc) is 3.78. The van der Waals surface area contributed by atoms with Crippen LogP contribution in [0.3, 0.4) is 0 Å². The maximum absolute atomic E-state index is 15.7. The molecule has 1 aromatic heterocycles. The summed E-state index contributed by atoms with van der Waals surface area (Å²) in [5, 5.41) is 2.13. The molecule has 0 spiro atoms. The maximum atomic E-state index is 15.7. The Morgan fingerprint density at radius 2 is 0.790 bits per heavy atom. The van der Waals surface area contributed by atoms with Crippen molar-refractivity contribution >= 4 is 39.3 Å². The highest BCUT2D eigenvalue weighted by atomic mass is 16.2. The number of amides is 2. The van der Waals surface area contributed by atoms with Crippen LogP contribution in [0.4, 0.5) is 5.69 Å². The molecule has 0 atom stereocenters. The fourth-order valence-corrected chi connectivity index (χ4v) is 9.41. The van der Waals surface area contributed by atoms with Gasteiger partial charge in [0.15, 0.2) is 0 Å². The molecule has 0 N–H and O–H groups in total. The standard InChI is InChI=1S/C58H40N2O2/c1-37-17-12-14-25-45(37)42-29-31-47-48-32-30-43(46-26-15-13-18-38(46)2)36-54(48)59(53(47)35-42)52-28-16-27-49-55(52)58(62)60(57(49)61)56-50(40-21-8-4-9-22-40)33-44(39-19-6-3-7-20-39)34-51(56)41-23-10-5-11-24-41/h3-36H,1-2H3. The molecule has 0 radical (unpaired) electrons. The van der Waals surface area contributed by atoms with Gasteiger partial charge in [0.25, 0.3) is 11.8 Å². The van der Waals surface area contributed by atoms with Crippen LogP contribution in [0.25, 0.3) is 83.1 Å². The Hall–Kier alpha value is -8.08. The lowest BCUT2D eigenvalue weighted by atomic mass is 9.90. The van der Waals surface area contributed by atoms with E-state index in [1.54, 1.807) is 6.07 Å². The molecule has 0 saturated heterocycles. The van der Waals surface area contributed by atoms with E-state index in [1.807, 2.05) is 91.0 Å². The highest BCUT2D eigenvalue weighted by Gasteiger charge is 2.42. The van der Waals surface area contributed by atoms with E-state index in [1.165, 1.54) is 16.0 Å². The van der Waals surface area contributed by atoms with Crippen LogP contribution in [0, 0.1) is 13.8 Å². The first-order valence-corrected chi connectivity index (χ1v) is 21.0. The SMILES string of the molecule is Cc1ccccc1-c1ccc2c3ccc(-c4ccccc4C)cc3n(-c3cccc4c3C(=O)N(c3c(-c5ccccc5)cc(-c5ccccc5)cc3-c3ccccc3)C4=O)c2c1. The van der Waals surface area contributed by atoms with Gasteiger partial charge in [0.1, 0.15) is 0 Å². The summed E-state index contributed by atoms with van der Waals surface area (Å²) < 4.78 is 2.20. The number of aromatic nitrogens is 1. The normalized spacial score (nSPS) is 12.4. The van der Waals surface area contributed by atoms with Crippen LogP contribution in [-0.4, -0.2) is 16.4 Å². The van der Waals surface area contributed by atoms with E-state index in [0.717, 1.165) is 77.4 Å². The van der Waals surface area contributed by atoms with Gasteiger partial charge in [-0.15, -0.1) is 0 Å². The molecule has 294 valence electrons. The minimum atomic E-state index is -0.359. The predicted octanol–water partition coefficient (Wildman–Crippen LogP) is 14.5. The molecule has 4 heteroatoms. The van der Waals surface area contributed by atoms with Gasteiger partial charge in [0, 0.05) is 21.9 Å². The minimum Gasteiger partial charge on any atom is -0.308 e. The molecular weight excluding hydrogens is 757 g/mol. The number of carbonyl (C=O) groups excluding carboxylic acids is 2. The molecule has 62 heavy (non-hydrogen) atoms. The first-order valence-electron chi connectivity index (χ1n) is 21.0. The second-order valence-corrected chi connectivity index (χ2v) is 16.1. The van der Waals surface area contributed by atoms with Gasteiger partial charge < -0.3 is 4.57 Å². The number of benzene rings is 9. The number of hydrogen-bond donors (Lipinski definition) is 0. The first-order chi connectivity index (χ1) is 30.4. The third-order valence-electron chi connectivity index (χ3n) is 12.4. The van der Waals surface area contributed by atoms with Gasteiger partial charge in [-0.2, -0.15) is 0 Å². The highest BCUT2D eigenvalue weighted by Crippen LogP contribution is 2.47. The second kappa shape index (κ2) is 14.9. The zero-order valence-corrected chi connectivity index (χ0v) is 34.3. The lowest BCUT2D eigenvalue weighted by molar-refractivity contribution is 0.0926. The van der Waals surface area contributed by atoms with Gasteiger partial charge in [-0.3, -0.25) is 9.59 Å². The summed E-state index contributed by atoms with van der Waals surface area (Å²) in [6.07, 6.45) is 0. The molecule has 2 heterocycles. The molecule has 0 saturated carbocycles. The van der Waals surface area contributed by atoms with Gasteiger partial charge >= 0.3 is 0 Å². The Kier molecular flexibility index (Phi) is 8.87. The van der Waals surface area contributed by atoms with E-state index < -0.39 is 0 Å². The molecule has 1 aliphatic heterocycles. The quantitative estimate of drug-likeness (QED) is 0.151. The van der Waals surface area contributed by atoms with Crippen LogP contribution >= 0.6 is 0 Å². The van der Waals surface area contributed by atoms with Crippen molar-refractivity contribution in [3.8, 4) is 61.3 Å². The lowest BCUT2D eigenvalue weighted by Gasteiger charge is -2.24. The van der Waals surface area contributed by atoms with Crippen molar-refractivity contribution in [2.45, 2.75) is 13.8 Å². The second-order valence-electron chi connectivity index (χ2n) is 16.1. The van der Waals surface area contributed by atoms with Crippen LogP contribution in [-0.2, 0) is 0 Å². The van der Waals surface area contributed by atoms with Gasteiger partial charge in [-0.05, 0) is 106 Å². The predicted molar refractivity (Wildman–Crippen MR) is 255 cm³/mol. The molecule has 0 aliphatic carbocycles.